The highest BCUT2D eigenvalue weighted by atomic mass is 16.8. The second-order valence-corrected chi connectivity index (χ2v) is 2.02. The van der Waals surface area contributed by atoms with Gasteiger partial charge >= 0.3 is 6.16 Å². The quantitative estimate of drug-likeness (QED) is 0.332. The second-order valence-electron chi connectivity index (χ2n) is 2.02. The zero-order valence-corrected chi connectivity index (χ0v) is 5.91. The molecule has 11 heavy (non-hydrogen) atoms. The Morgan fingerprint density at radius 1 is 1.82 bits per heavy atom. The van der Waals surface area contributed by atoms with Gasteiger partial charge in [0.15, 0.2) is 6.10 Å². The van der Waals surface area contributed by atoms with Crippen LogP contribution in [0.3, 0.4) is 0 Å². The predicted molar refractivity (Wildman–Crippen MR) is 35.9 cm³/mol. The zero-order chi connectivity index (χ0) is 8.10. The van der Waals surface area contributed by atoms with Crippen molar-refractivity contribution in [1.29, 1.82) is 0 Å². The van der Waals surface area contributed by atoms with Crippen molar-refractivity contribution in [2.75, 3.05) is 19.8 Å². The monoisotopic (exact) mass is 156 g/mol. The Kier molecular flexibility index (Phi) is 2.75. The zero-order valence-electron chi connectivity index (χ0n) is 5.91. The number of carbonyl (C=O) groups excluding carboxylic acids is 1. The smallest absolute Gasteiger partial charge is 0.430 e. The van der Waals surface area contributed by atoms with Crippen LogP contribution in [0.5, 0.6) is 0 Å². The highest BCUT2D eigenvalue weighted by Crippen LogP contribution is 2.05. The number of hydrogen-bond acceptors (Lipinski definition) is 4. The highest BCUT2D eigenvalue weighted by molar-refractivity contribution is 5.61. The number of carbonyl (C=O) groups is 1. The minimum atomic E-state index is -0.640. The van der Waals surface area contributed by atoms with Crippen molar-refractivity contribution in [3.63, 3.8) is 0 Å². The molecule has 4 nitrogen and oxygen atoms in total. The summed E-state index contributed by atoms with van der Waals surface area (Å²) in [4.78, 5) is 10.3. The van der Waals surface area contributed by atoms with Crippen LogP contribution in [0.25, 0.3) is 0 Å². The lowest BCUT2D eigenvalue weighted by Gasteiger charge is -2.03. The van der Waals surface area contributed by atoms with E-state index < -0.39 is 6.16 Å². The summed E-state index contributed by atoms with van der Waals surface area (Å²) in [5.41, 5.74) is 0. The molecule has 0 unspecified atom stereocenters. The van der Waals surface area contributed by atoms with Crippen molar-refractivity contribution in [3.8, 4) is 12.3 Å². The van der Waals surface area contributed by atoms with Gasteiger partial charge in [0.2, 0.25) is 0 Å². The van der Waals surface area contributed by atoms with Gasteiger partial charge in [-0.25, -0.2) is 4.79 Å². The van der Waals surface area contributed by atoms with Gasteiger partial charge < -0.3 is 14.2 Å². The van der Waals surface area contributed by atoms with E-state index in [1.165, 1.54) is 0 Å². The van der Waals surface area contributed by atoms with Gasteiger partial charge in [-0.15, -0.1) is 6.42 Å². The molecule has 1 aliphatic heterocycles. The lowest BCUT2D eigenvalue weighted by molar-refractivity contribution is 0.0596. The standard InChI is InChI=1S/C7H8O4/c1-2-3-9-4-6-5-10-7(8)11-6/h1,6H,3-5H2/t6-/m1/s1. The molecule has 0 bridgehead atoms. The van der Waals surface area contributed by atoms with Crippen LogP contribution in [-0.4, -0.2) is 32.1 Å². The average molecular weight is 156 g/mol. The van der Waals surface area contributed by atoms with Crippen LogP contribution in [0.1, 0.15) is 0 Å². The SMILES string of the molecule is C#CCOC[C@@H]1COC(=O)O1. The molecule has 0 aromatic heterocycles. The maximum Gasteiger partial charge on any atom is 0.508 e. The first kappa shape index (κ1) is 7.89. The van der Waals surface area contributed by atoms with Gasteiger partial charge in [0.1, 0.15) is 13.2 Å². The summed E-state index contributed by atoms with van der Waals surface area (Å²) in [6.45, 7) is 0.785. The van der Waals surface area contributed by atoms with E-state index in [0.717, 1.165) is 0 Å². The molecule has 1 fully saturated rings. The Hall–Kier alpha value is -1.21. The lowest BCUT2D eigenvalue weighted by atomic mass is 10.4. The third-order valence-electron chi connectivity index (χ3n) is 1.14. The number of ether oxygens (including phenoxy) is 3. The maximum absolute atomic E-state index is 10.3. The summed E-state index contributed by atoms with van der Waals surface area (Å²) >= 11 is 0. The van der Waals surface area contributed by atoms with Crippen LogP contribution in [0.4, 0.5) is 4.79 Å². The molecule has 1 heterocycles. The van der Waals surface area contributed by atoms with Gasteiger partial charge in [0.25, 0.3) is 0 Å². The molecule has 1 atom stereocenters. The molecular formula is C7H8O4. The lowest BCUT2D eigenvalue weighted by Crippen LogP contribution is -2.17. The first-order valence-corrected chi connectivity index (χ1v) is 3.17. The molecule has 0 radical (unpaired) electrons. The molecule has 1 aliphatic rings. The average Bonchev–Trinajstić information content (AvgIpc) is 2.37. The van der Waals surface area contributed by atoms with Crippen molar-refractivity contribution in [2.24, 2.45) is 0 Å². The molecule has 1 saturated heterocycles. The first-order chi connectivity index (χ1) is 5.33. The largest absolute Gasteiger partial charge is 0.508 e. The Morgan fingerprint density at radius 3 is 3.18 bits per heavy atom. The van der Waals surface area contributed by atoms with Crippen molar-refractivity contribution in [3.05, 3.63) is 0 Å². The Bertz CT molecular complexity index is 181. The van der Waals surface area contributed by atoms with Crippen LogP contribution in [0.15, 0.2) is 0 Å². The molecule has 0 amide bonds. The predicted octanol–water partition coefficient (Wildman–Crippen LogP) is 0.172. The van der Waals surface area contributed by atoms with E-state index in [4.69, 9.17) is 11.2 Å². The molecule has 0 aromatic rings. The summed E-state index contributed by atoms with van der Waals surface area (Å²) in [7, 11) is 0. The van der Waals surface area contributed by atoms with Crippen LogP contribution in [0.2, 0.25) is 0 Å². The van der Waals surface area contributed by atoms with Crippen molar-refractivity contribution < 1.29 is 19.0 Å². The second kappa shape index (κ2) is 3.84. The van der Waals surface area contributed by atoms with Gasteiger partial charge in [-0.2, -0.15) is 0 Å². The Morgan fingerprint density at radius 2 is 2.64 bits per heavy atom. The molecule has 0 spiro atoms. The van der Waals surface area contributed by atoms with Crippen LogP contribution < -0.4 is 0 Å². The van der Waals surface area contributed by atoms with Gasteiger partial charge in [-0.05, 0) is 0 Å². The normalized spacial score (nSPS) is 22.1. The molecular weight excluding hydrogens is 148 g/mol. The fraction of sp³-hybridized carbons (Fsp3) is 0.571. The third kappa shape index (κ3) is 2.48. The number of cyclic esters (lactones) is 2. The number of hydrogen-bond donors (Lipinski definition) is 0. The summed E-state index contributed by atoms with van der Waals surface area (Å²) in [5.74, 6) is 2.30. The minimum absolute atomic E-state index is 0.230. The Balaban J connectivity index is 2.09. The molecule has 0 N–H and O–H groups in total. The van der Waals surface area contributed by atoms with Crippen LogP contribution in [-0.2, 0) is 14.2 Å². The molecule has 0 aromatic carbocycles. The van der Waals surface area contributed by atoms with E-state index >= 15 is 0 Å². The van der Waals surface area contributed by atoms with Gasteiger partial charge in [-0.1, -0.05) is 5.92 Å². The highest BCUT2D eigenvalue weighted by Gasteiger charge is 2.24. The first-order valence-electron chi connectivity index (χ1n) is 3.17. The van der Waals surface area contributed by atoms with Gasteiger partial charge in [0, 0.05) is 0 Å². The molecule has 0 aliphatic carbocycles. The maximum atomic E-state index is 10.3. The summed E-state index contributed by atoms with van der Waals surface area (Å²) in [6.07, 6.45) is 3.99. The Labute approximate surface area is 64.4 Å². The summed E-state index contributed by atoms with van der Waals surface area (Å²) < 4.78 is 14.1. The number of terminal acetylenes is 1. The topological polar surface area (TPSA) is 44.8 Å². The minimum Gasteiger partial charge on any atom is -0.430 e. The number of rotatable bonds is 3. The van der Waals surface area contributed by atoms with Crippen LogP contribution >= 0.6 is 0 Å². The van der Waals surface area contributed by atoms with E-state index in [2.05, 4.69) is 15.4 Å². The summed E-state index contributed by atoms with van der Waals surface area (Å²) in [6, 6.07) is 0. The van der Waals surface area contributed by atoms with Crippen molar-refractivity contribution in [2.45, 2.75) is 6.10 Å². The third-order valence-corrected chi connectivity index (χ3v) is 1.14. The van der Waals surface area contributed by atoms with E-state index in [9.17, 15) is 4.79 Å². The molecule has 60 valence electrons. The molecule has 0 saturated carbocycles. The van der Waals surface area contributed by atoms with Gasteiger partial charge in [0.05, 0.1) is 6.61 Å². The summed E-state index contributed by atoms with van der Waals surface area (Å²) in [5, 5.41) is 0. The van der Waals surface area contributed by atoms with E-state index in [0.29, 0.717) is 6.61 Å². The van der Waals surface area contributed by atoms with E-state index in [1.54, 1.807) is 0 Å². The van der Waals surface area contributed by atoms with E-state index in [-0.39, 0.29) is 19.3 Å². The fourth-order valence-electron chi connectivity index (χ4n) is 0.697. The van der Waals surface area contributed by atoms with Crippen molar-refractivity contribution in [1.82, 2.24) is 0 Å². The fourth-order valence-corrected chi connectivity index (χ4v) is 0.697. The van der Waals surface area contributed by atoms with Crippen LogP contribution in [0, 0.1) is 12.3 Å². The molecule has 1 rings (SSSR count). The van der Waals surface area contributed by atoms with Crippen molar-refractivity contribution >= 4 is 6.16 Å². The van der Waals surface area contributed by atoms with E-state index in [1.807, 2.05) is 0 Å². The molecule has 4 heteroatoms. The van der Waals surface area contributed by atoms with Gasteiger partial charge in [-0.3, -0.25) is 0 Å².